The molecule has 0 aliphatic heterocycles. The van der Waals surface area contributed by atoms with Gasteiger partial charge in [0.2, 0.25) is 11.8 Å². The fourth-order valence-corrected chi connectivity index (χ4v) is 4.80. The van der Waals surface area contributed by atoms with Gasteiger partial charge in [0.1, 0.15) is 4.83 Å². The molecule has 6 nitrogen and oxygen atoms in total. The number of hydrogen-bond donors (Lipinski definition) is 0. The third-order valence-electron chi connectivity index (χ3n) is 4.47. The Labute approximate surface area is 176 Å². The summed E-state index contributed by atoms with van der Waals surface area (Å²) in [6, 6.07) is 8.18. The maximum absolute atomic E-state index is 13.3. The summed E-state index contributed by atoms with van der Waals surface area (Å²) in [4.78, 5) is 18.8. The first kappa shape index (κ1) is 19.6. The van der Waals surface area contributed by atoms with E-state index in [0.29, 0.717) is 41.0 Å². The lowest BCUT2D eigenvalue weighted by Crippen LogP contribution is -2.22. The molecule has 0 N–H and O–H groups in total. The highest BCUT2D eigenvalue weighted by molar-refractivity contribution is 7.98. The van der Waals surface area contributed by atoms with E-state index in [-0.39, 0.29) is 5.56 Å². The summed E-state index contributed by atoms with van der Waals surface area (Å²) in [6.07, 6.45) is 2.40. The molecule has 0 fully saturated rings. The second kappa shape index (κ2) is 8.34. The predicted molar refractivity (Wildman–Crippen MR) is 117 cm³/mol. The van der Waals surface area contributed by atoms with Crippen molar-refractivity contribution in [3.8, 4) is 11.1 Å². The zero-order valence-electron chi connectivity index (χ0n) is 16.2. The van der Waals surface area contributed by atoms with Crippen LogP contribution in [0.25, 0.3) is 21.3 Å². The van der Waals surface area contributed by atoms with Gasteiger partial charge in [0.25, 0.3) is 5.56 Å². The van der Waals surface area contributed by atoms with Gasteiger partial charge in [0, 0.05) is 23.9 Å². The second-order valence-corrected chi connectivity index (χ2v) is 8.33. The minimum absolute atomic E-state index is 0.0611. The maximum atomic E-state index is 13.3. The van der Waals surface area contributed by atoms with Crippen LogP contribution in [0.15, 0.2) is 56.7 Å². The van der Waals surface area contributed by atoms with Crippen molar-refractivity contribution >= 4 is 33.3 Å². The highest BCUT2D eigenvalue weighted by Gasteiger charge is 2.18. The van der Waals surface area contributed by atoms with Crippen molar-refractivity contribution in [3.05, 3.63) is 70.0 Å². The number of aryl methyl sites for hydroxylation is 2. The Morgan fingerprint density at radius 2 is 2.00 bits per heavy atom. The Hall–Kier alpha value is -2.71. The van der Waals surface area contributed by atoms with E-state index < -0.39 is 0 Å². The Morgan fingerprint density at radius 3 is 2.69 bits per heavy atom. The largest absolute Gasteiger partial charge is 0.424 e. The van der Waals surface area contributed by atoms with E-state index in [1.807, 2.05) is 43.5 Å². The molecule has 0 aliphatic carbocycles. The van der Waals surface area contributed by atoms with E-state index in [2.05, 4.69) is 16.8 Å². The van der Waals surface area contributed by atoms with Gasteiger partial charge in [0.15, 0.2) is 5.16 Å². The van der Waals surface area contributed by atoms with E-state index in [4.69, 9.17) is 9.40 Å². The van der Waals surface area contributed by atoms with Gasteiger partial charge in [-0.25, -0.2) is 4.98 Å². The van der Waals surface area contributed by atoms with E-state index in [0.717, 1.165) is 16.0 Å². The number of nitrogens with zero attached hydrogens (tertiary/aromatic N) is 4. The molecule has 0 unspecified atom stereocenters. The summed E-state index contributed by atoms with van der Waals surface area (Å²) in [6.45, 7) is 8.19. The standard InChI is InChI=1S/C21H20N4O2S2/c1-4-10-25-20(26)18-15(14-8-6-13(3)7-9-14)11-28-19(18)22-21(25)29-12-17-24-23-16(5-2)27-17/h4,6-9,11H,1,5,10,12H2,2-3H3. The van der Waals surface area contributed by atoms with Crippen molar-refractivity contribution in [2.75, 3.05) is 0 Å². The van der Waals surface area contributed by atoms with Gasteiger partial charge in [-0.3, -0.25) is 9.36 Å². The molecule has 0 atom stereocenters. The minimum atomic E-state index is -0.0611. The zero-order valence-corrected chi connectivity index (χ0v) is 17.8. The summed E-state index contributed by atoms with van der Waals surface area (Å²) in [5.74, 6) is 1.59. The number of thioether (sulfide) groups is 1. The molecule has 0 saturated heterocycles. The average molecular weight is 425 g/mol. The van der Waals surface area contributed by atoms with Crippen LogP contribution in [-0.4, -0.2) is 19.7 Å². The van der Waals surface area contributed by atoms with Crippen molar-refractivity contribution in [1.82, 2.24) is 19.7 Å². The van der Waals surface area contributed by atoms with Crippen LogP contribution in [0.1, 0.15) is 24.3 Å². The normalized spacial score (nSPS) is 11.2. The molecule has 29 heavy (non-hydrogen) atoms. The molecule has 8 heteroatoms. The highest BCUT2D eigenvalue weighted by Crippen LogP contribution is 2.32. The molecule has 0 bridgehead atoms. The summed E-state index contributed by atoms with van der Waals surface area (Å²) in [5, 5.41) is 11.3. The SMILES string of the molecule is C=CCn1c(SCc2nnc(CC)o2)nc2scc(-c3ccc(C)cc3)c2c1=O. The highest BCUT2D eigenvalue weighted by atomic mass is 32.2. The van der Waals surface area contributed by atoms with Gasteiger partial charge in [-0.1, -0.05) is 54.6 Å². The summed E-state index contributed by atoms with van der Waals surface area (Å²) >= 11 is 2.90. The molecule has 1 aromatic carbocycles. The van der Waals surface area contributed by atoms with Crippen molar-refractivity contribution in [3.63, 3.8) is 0 Å². The smallest absolute Gasteiger partial charge is 0.263 e. The first-order chi connectivity index (χ1) is 14.1. The average Bonchev–Trinajstić information content (AvgIpc) is 3.36. The summed E-state index contributed by atoms with van der Waals surface area (Å²) in [5.41, 5.74) is 3.06. The number of aromatic nitrogens is 4. The Kier molecular flexibility index (Phi) is 5.64. The first-order valence-electron chi connectivity index (χ1n) is 9.24. The first-order valence-corrected chi connectivity index (χ1v) is 11.1. The Bertz CT molecular complexity index is 1220. The molecule has 4 rings (SSSR count). The Balaban J connectivity index is 1.75. The molecule has 0 amide bonds. The monoisotopic (exact) mass is 424 g/mol. The fraction of sp³-hybridized carbons (Fsp3) is 0.238. The number of allylic oxidation sites excluding steroid dienone is 1. The van der Waals surface area contributed by atoms with Crippen LogP contribution in [0.5, 0.6) is 0 Å². The molecule has 3 aromatic heterocycles. The Morgan fingerprint density at radius 1 is 1.24 bits per heavy atom. The predicted octanol–water partition coefficient (Wildman–Crippen LogP) is 4.86. The molecule has 0 saturated carbocycles. The topological polar surface area (TPSA) is 73.8 Å². The van der Waals surface area contributed by atoms with Crippen molar-refractivity contribution in [1.29, 1.82) is 0 Å². The fourth-order valence-electron chi connectivity index (χ4n) is 2.97. The lowest BCUT2D eigenvalue weighted by molar-refractivity contribution is 0.469. The van der Waals surface area contributed by atoms with Crippen molar-refractivity contribution in [2.24, 2.45) is 0 Å². The van der Waals surface area contributed by atoms with Crippen LogP contribution in [0.4, 0.5) is 0 Å². The molecule has 3 heterocycles. The van der Waals surface area contributed by atoms with E-state index in [1.54, 1.807) is 10.6 Å². The molecular formula is C21H20N4O2S2. The third-order valence-corrected chi connectivity index (χ3v) is 6.30. The lowest BCUT2D eigenvalue weighted by Gasteiger charge is -2.10. The lowest BCUT2D eigenvalue weighted by atomic mass is 10.1. The van der Waals surface area contributed by atoms with Gasteiger partial charge < -0.3 is 4.42 Å². The molecule has 0 radical (unpaired) electrons. The van der Waals surface area contributed by atoms with Gasteiger partial charge >= 0.3 is 0 Å². The minimum Gasteiger partial charge on any atom is -0.424 e. The third kappa shape index (κ3) is 3.90. The number of thiophene rings is 1. The van der Waals surface area contributed by atoms with E-state index in [1.165, 1.54) is 28.7 Å². The van der Waals surface area contributed by atoms with Crippen LogP contribution in [-0.2, 0) is 18.7 Å². The molecule has 148 valence electrons. The van der Waals surface area contributed by atoms with E-state index in [9.17, 15) is 4.79 Å². The quantitative estimate of drug-likeness (QED) is 0.240. The number of benzene rings is 1. The molecule has 0 aliphatic rings. The van der Waals surface area contributed by atoms with Gasteiger partial charge in [-0.05, 0) is 12.5 Å². The summed E-state index contributed by atoms with van der Waals surface area (Å²) in [7, 11) is 0. The molecular weight excluding hydrogens is 404 g/mol. The van der Waals surface area contributed by atoms with Crippen LogP contribution >= 0.6 is 23.1 Å². The second-order valence-electron chi connectivity index (χ2n) is 6.53. The van der Waals surface area contributed by atoms with Crippen LogP contribution < -0.4 is 5.56 Å². The number of hydrogen-bond acceptors (Lipinski definition) is 7. The van der Waals surface area contributed by atoms with E-state index >= 15 is 0 Å². The van der Waals surface area contributed by atoms with Crippen molar-refractivity contribution in [2.45, 2.75) is 37.7 Å². The van der Waals surface area contributed by atoms with Crippen LogP contribution in [0.2, 0.25) is 0 Å². The van der Waals surface area contributed by atoms with Gasteiger partial charge in [-0.15, -0.1) is 28.1 Å². The number of fused-ring (bicyclic) bond motifs is 1. The van der Waals surface area contributed by atoms with Gasteiger partial charge in [0.05, 0.1) is 11.1 Å². The van der Waals surface area contributed by atoms with Crippen LogP contribution in [0, 0.1) is 6.92 Å². The van der Waals surface area contributed by atoms with Crippen LogP contribution in [0.3, 0.4) is 0 Å². The molecule has 4 aromatic rings. The van der Waals surface area contributed by atoms with Crippen molar-refractivity contribution < 1.29 is 4.42 Å². The zero-order chi connectivity index (χ0) is 20.4. The summed E-state index contributed by atoms with van der Waals surface area (Å²) < 4.78 is 7.22. The maximum Gasteiger partial charge on any atom is 0.263 e. The molecule has 0 spiro atoms. The van der Waals surface area contributed by atoms with Gasteiger partial charge in [-0.2, -0.15) is 0 Å². The number of rotatable bonds is 7.